The number of barbiturate groups is 1. The second-order valence-electron chi connectivity index (χ2n) is 12.4. The monoisotopic (exact) mass is 576 g/mol. The SMILES string of the molecule is CCCCCCCCOc1ccc(CC2(CN3C[C@H]4C[C@H](C3)c3cccc(=O)n3C4)C(=O)N(C)C(=O)N(C)C2=O)cc1. The van der Waals surface area contributed by atoms with Gasteiger partial charge in [0.15, 0.2) is 0 Å². The van der Waals surface area contributed by atoms with Crippen molar-refractivity contribution in [3.05, 3.63) is 64.1 Å². The van der Waals surface area contributed by atoms with Crippen LogP contribution in [-0.4, -0.2) is 77.4 Å². The van der Waals surface area contributed by atoms with Crippen LogP contribution < -0.4 is 10.3 Å². The molecule has 2 aromatic rings. The van der Waals surface area contributed by atoms with Crippen LogP contribution in [0.15, 0.2) is 47.3 Å². The van der Waals surface area contributed by atoms with E-state index in [2.05, 4.69) is 11.8 Å². The summed E-state index contributed by atoms with van der Waals surface area (Å²) in [5, 5.41) is 0. The molecule has 4 heterocycles. The molecule has 0 radical (unpaired) electrons. The smallest absolute Gasteiger partial charge is 0.332 e. The molecule has 2 fully saturated rings. The van der Waals surface area contributed by atoms with Gasteiger partial charge in [0.05, 0.1) is 6.61 Å². The van der Waals surface area contributed by atoms with E-state index in [-0.39, 0.29) is 30.4 Å². The number of imide groups is 2. The third-order valence-corrected chi connectivity index (χ3v) is 9.25. The highest BCUT2D eigenvalue weighted by atomic mass is 16.5. The molecule has 0 N–H and O–H groups in total. The summed E-state index contributed by atoms with van der Waals surface area (Å²) >= 11 is 0. The van der Waals surface area contributed by atoms with Crippen molar-refractivity contribution in [3.63, 3.8) is 0 Å². The number of carbonyl (C=O) groups excluding carboxylic acids is 3. The number of carbonyl (C=O) groups is 3. The fourth-order valence-electron chi connectivity index (χ4n) is 7.11. The summed E-state index contributed by atoms with van der Waals surface area (Å²) in [6.07, 6.45) is 8.36. The quantitative estimate of drug-likeness (QED) is 0.277. The molecule has 0 aliphatic carbocycles. The van der Waals surface area contributed by atoms with Crippen molar-refractivity contribution in [1.82, 2.24) is 19.3 Å². The first-order valence-corrected chi connectivity index (χ1v) is 15.5. The fraction of sp³-hybridized carbons (Fsp3) is 0.576. The van der Waals surface area contributed by atoms with Gasteiger partial charge in [-0.2, -0.15) is 0 Å². The van der Waals surface area contributed by atoms with Crippen molar-refractivity contribution in [1.29, 1.82) is 0 Å². The number of amides is 4. The maximum Gasteiger partial charge on any atom is 0.332 e. The van der Waals surface area contributed by atoms with Gasteiger partial charge in [0, 0.05) is 58.0 Å². The Bertz CT molecular complexity index is 1330. The van der Waals surface area contributed by atoms with Gasteiger partial charge in [0.1, 0.15) is 11.2 Å². The number of unbranched alkanes of at least 4 members (excludes halogenated alkanes) is 5. The first-order valence-electron chi connectivity index (χ1n) is 15.5. The number of likely N-dealkylation sites (tertiary alicyclic amines) is 1. The Balaban J connectivity index is 1.32. The Morgan fingerprint density at radius 1 is 0.833 bits per heavy atom. The lowest BCUT2D eigenvalue weighted by atomic mass is 9.75. The number of ether oxygens (including phenoxy) is 1. The molecule has 1 aromatic heterocycles. The first-order chi connectivity index (χ1) is 20.2. The third kappa shape index (κ3) is 6.02. The zero-order valence-corrected chi connectivity index (χ0v) is 25.2. The van der Waals surface area contributed by atoms with Crippen LogP contribution in [-0.2, 0) is 22.6 Å². The molecule has 0 saturated carbocycles. The van der Waals surface area contributed by atoms with Gasteiger partial charge in [0.25, 0.3) is 5.56 Å². The van der Waals surface area contributed by atoms with E-state index in [1.807, 2.05) is 34.9 Å². The lowest BCUT2D eigenvalue weighted by molar-refractivity contribution is -0.159. The molecule has 3 aliphatic heterocycles. The number of hydrogen-bond acceptors (Lipinski definition) is 6. The zero-order valence-electron chi connectivity index (χ0n) is 25.2. The van der Waals surface area contributed by atoms with Crippen LogP contribution in [0.4, 0.5) is 4.79 Å². The van der Waals surface area contributed by atoms with Crippen LogP contribution in [0.2, 0.25) is 0 Å². The minimum absolute atomic E-state index is 0.0194. The molecule has 0 unspecified atom stereocenters. The van der Waals surface area contributed by atoms with Gasteiger partial charge in [-0.1, -0.05) is 57.2 Å². The highest BCUT2D eigenvalue weighted by Gasteiger charge is 2.56. The summed E-state index contributed by atoms with van der Waals surface area (Å²) in [7, 11) is 2.91. The van der Waals surface area contributed by atoms with Gasteiger partial charge in [-0.3, -0.25) is 24.2 Å². The van der Waals surface area contributed by atoms with Crippen LogP contribution >= 0.6 is 0 Å². The topological polar surface area (TPSA) is 92.2 Å². The van der Waals surface area contributed by atoms with Gasteiger partial charge >= 0.3 is 6.03 Å². The van der Waals surface area contributed by atoms with Crippen LogP contribution in [0.1, 0.15) is 69.0 Å². The summed E-state index contributed by atoms with van der Waals surface area (Å²) in [5.74, 6) is 0.238. The predicted octanol–water partition coefficient (Wildman–Crippen LogP) is 4.29. The molecule has 1 aromatic carbocycles. The summed E-state index contributed by atoms with van der Waals surface area (Å²) in [5.41, 5.74) is 0.444. The van der Waals surface area contributed by atoms with Crippen molar-refractivity contribution in [2.45, 2.75) is 70.8 Å². The Labute approximate surface area is 248 Å². The van der Waals surface area contributed by atoms with Crippen LogP contribution in [0, 0.1) is 11.3 Å². The van der Waals surface area contributed by atoms with Crippen molar-refractivity contribution >= 4 is 17.8 Å². The molecule has 2 saturated heterocycles. The van der Waals surface area contributed by atoms with Crippen molar-refractivity contribution < 1.29 is 19.1 Å². The minimum Gasteiger partial charge on any atom is -0.494 e. The van der Waals surface area contributed by atoms with Gasteiger partial charge in [-0.05, 0) is 48.9 Å². The molecule has 4 amide bonds. The molecular formula is C33H44N4O5. The van der Waals surface area contributed by atoms with Crippen LogP contribution in [0.5, 0.6) is 5.75 Å². The van der Waals surface area contributed by atoms with Crippen LogP contribution in [0.25, 0.3) is 0 Å². The number of fused-ring (bicyclic) bond motifs is 4. The second kappa shape index (κ2) is 12.8. The number of nitrogens with zero attached hydrogens (tertiary/aromatic N) is 4. The Kier molecular flexibility index (Phi) is 9.16. The number of hydrogen-bond donors (Lipinski definition) is 0. The van der Waals surface area contributed by atoms with Crippen molar-refractivity contribution in [2.24, 2.45) is 11.3 Å². The van der Waals surface area contributed by atoms with Crippen LogP contribution in [0.3, 0.4) is 0 Å². The molecule has 2 atom stereocenters. The molecule has 0 spiro atoms. The van der Waals surface area contributed by atoms with E-state index in [0.29, 0.717) is 26.2 Å². The van der Waals surface area contributed by atoms with Gasteiger partial charge < -0.3 is 14.2 Å². The molecule has 5 rings (SSSR count). The van der Waals surface area contributed by atoms with E-state index in [9.17, 15) is 19.2 Å². The van der Waals surface area contributed by atoms with E-state index in [1.54, 1.807) is 12.1 Å². The van der Waals surface area contributed by atoms with Crippen molar-refractivity contribution in [3.8, 4) is 5.75 Å². The number of piperidine rings is 1. The van der Waals surface area contributed by atoms with Crippen molar-refractivity contribution in [2.75, 3.05) is 40.3 Å². The standard InChI is InChI=1S/C33H44N4O5/c1-4-5-6-7-8-9-17-42-27-15-13-24(14-16-27)19-33(30(39)34(2)32(41)35(3)31(33)40)23-36-20-25-18-26(22-36)28-11-10-12-29(38)37(28)21-25/h10-16,25-26H,4-9,17-23H2,1-3H3/t25-,26-/m1/s1. The average Bonchev–Trinajstić information content (AvgIpc) is 2.99. The summed E-state index contributed by atoms with van der Waals surface area (Å²) in [6.45, 7) is 5.06. The molecule has 3 aliphatic rings. The molecule has 9 heteroatoms. The van der Waals surface area contributed by atoms with E-state index in [0.717, 1.165) is 46.1 Å². The summed E-state index contributed by atoms with van der Waals surface area (Å²) in [4.78, 5) is 57.3. The fourth-order valence-corrected chi connectivity index (χ4v) is 7.11. The van der Waals surface area contributed by atoms with Gasteiger partial charge in [0.2, 0.25) is 11.8 Å². The largest absolute Gasteiger partial charge is 0.494 e. The highest BCUT2D eigenvalue weighted by Crippen LogP contribution is 2.39. The Hall–Kier alpha value is -3.46. The number of benzene rings is 1. The first kappa shape index (κ1) is 30.0. The van der Waals surface area contributed by atoms with Gasteiger partial charge in [-0.15, -0.1) is 0 Å². The third-order valence-electron chi connectivity index (χ3n) is 9.25. The second-order valence-corrected chi connectivity index (χ2v) is 12.4. The zero-order chi connectivity index (χ0) is 29.9. The van der Waals surface area contributed by atoms with Gasteiger partial charge in [-0.25, -0.2) is 4.79 Å². The number of rotatable bonds is 12. The van der Waals surface area contributed by atoms with E-state index in [1.165, 1.54) is 39.8 Å². The summed E-state index contributed by atoms with van der Waals surface area (Å²) < 4.78 is 7.82. The number of pyridine rings is 1. The molecule has 226 valence electrons. The summed E-state index contributed by atoms with van der Waals surface area (Å²) in [6, 6.07) is 12.4. The lowest BCUT2D eigenvalue weighted by Crippen LogP contribution is -2.67. The number of urea groups is 1. The predicted molar refractivity (Wildman–Crippen MR) is 160 cm³/mol. The molecule has 9 nitrogen and oxygen atoms in total. The maximum absolute atomic E-state index is 13.9. The normalized spacial score (nSPS) is 21.9. The minimum atomic E-state index is -1.43. The Morgan fingerprint density at radius 3 is 2.24 bits per heavy atom. The van der Waals surface area contributed by atoms with E-state index in [4.69, 9.17) is 4.74 Å². The number of aromatic nitrogens is 1. The highest BCUT2D eigenvalue weighted by molar-refractivity contribution is 6.19. The average molecular weight is 577 g/mol. The van der Waals surface area contributed by atoms with E-state index >= 15 is 0 Å². The molecule has 2 bridgehead atoms. The molecular weight excluding hydrogens is 532 g/mol. The lowest BCUT2D eigenvalue weighted by Gasteiger charge is -2.48. The maximum atomic E-state index is 13.9. The molecule has 42 heavy (non-hydrogen) atoms. The van der Waals surface area contributed by atoms with E-state index < -0.39 is 23.3 Å². The Morgan fingerprint density at radius 2 is 1.52 bits per heavy atom.